The summed E-state index contributed by atoms with van der Waals surface area (Å²) in [4.78, 5) is 4.52. The molecule has 0 atom stereocenters. The molecule has 1 aromatic carbocycles. The Morgan fingerprint density at radius 1 is 0.532 bits per heavy atom. The molecule has 6 rings (SSSR count). The molecule has 0 unspecified atom stereocenters. The number of nitrogens with one attached hydrogen (secondary N) is 2. The second kappa shape index (κ2) is 27.8. The SMILES string of the molecule is C1CCC(NC2CCCCC2)CC1.CN(C)C1CCCCC1.CN(C)Cc1ccccc1.CNC1CCCCC1.NC1CCCCC1. The van der Waals surface area contributed by atoms with Crippen molar-refractivity contribution in [1.82, 2.24) is 20.4 Å². The van der Waals surface area contributed by atoms with Crippen LogP contribution >= 0.6 is 0 Å². The van der Waals surface area contributed by atoms with Crippen molar-refractivity contribution in [3.63, 3.8) is 0 Å². The molecule has 0 heterocycles. The largest absolute Gasteiger partial charge is 0.328 e. The lowest BCUT2D eigenvalue weighted by Gasteiger charge is -2.30. The molecule has 5 saturated carbocycles. The van der Waals surface area contributed by atoms with Crippen LogP contribution in [0.4, 0.5) is 0 Å². The van der Waals surface area contributed by atoms with Crippen molar-refractivity contribution in [1.29, 1.82) is 0 Å². The number of benzene rings is 1. The van der Waals surface area contributed by atoms with Crippen molar-refractivity contribution in [3.8, 4) is 0 Å². The molecule has 1 aromatic rings. The number of hydrogen-bond acceptors (Lipinski definition) is 5. The number of rotatable bonds is 6. The predicted octanol–water partition coefficient (Wildman–Crippen LogP) is 9.69. The van der Waals surface area contributed by atoms with E-state index in [0.29, 0.717) is 6.04 Å². The van der Waals surface area contributed by atoms with Crippen LogP contribution < -0.4 is 16.4 Å². The number of hydrogen-bond donors (Lipinski definition) is 3. The molecule has 5 aliphatic rings. The van der Waals surface area contributed by atoms with Gasteiger partial charge in [0.2, 0.25) is 0 Å². The van der Waals surface area contributed by atoms with Crippen molar-refractivity contribution in [3.05, 3.63) is 35.9 Å². The summed E-state index contributed by atoms with van der Waals surface area (Å²) in [6, 6.07) is 14.5. The lowest BCUT2D eigenvalue weighted by molar-refractivity contribution is 0.229. The summed E-state index contributed by atoms with van der Waals surface area (Å²) in [7, 11) is 10.6. The molecule has 0 radical (unpaired) electrons. The highest BCUT2D eigenvalue weighted by Gasteiger charge is 2.19. The van der Waals surface area contributed by atoms with Gasteiger partial charge in [-0.1, -0.05) is 127 Å². The maximum absolute atomic E-state index is 5.63. The maximum atomic E-state index is 5.63. The van der Waals surface area contributed by atoms with Crippen LogP contribution in [0.15, 0.2) is 30.3 Å². The fourth-order valence-corrected chi connectivity index (χ4v) is 7.94. The van der Waals surface area contributed by atoms with E-state index in [-0.39, 0.29) is 0 Å². The van der Waals surface area contributed by atoms with Crippen LogP contribution in [-0.4, -0.2) is 75.2 Å². The Balaban J connectivity index is 0.000000208. The summed E-state index contributed by atoms with van der Waals surface area (Å²) in [6.07, 6.45) is 35.6. The molecule has 47 heavy (non-hydrogen) atoms. The maximum Gasteiger partial charge on any atom is 0.0227 e. The first-order valence-electron chi connectivity index (χ1n) is 20.4. The molecule has 0 bridgehead atoms. The van der Waals surface area contributed by atoms with E-state index >= 15 is 0 Å². The van der Waals surface area contributed by atoms with Gasteiger partial charge in [0.1, 0.15) is 0 Å². The van der Waals surface area contributed by atoms with Crippen LogP contribution in [-0.2, 0) is 6.54 Å². The van der Waals surface area contributed by atoms with E-state index in [9.17, 15) is 0 Å². The topological polar surface area (TPSA) is 56.6 Å². The van der Waals surface area contributed by atoms with Crippen molar-refractivity contribution < 1.29 is 0 Å². The zero-order valence-corrected chi connectivity index (χ0v) is 32.1. The average molecular weight is 656 g/mol. The molecule has 0 aromatic heterocycles. The highest BCUT2D eigenvalue weighted by atomic mass is 15.1. The second-order valence-corrected chi connectivity index (χ2v) is 15.8. The molecule has 0 spiro atoms. The normalized spacial score (nSPS) is 22.0. The van der Waals surface area contributed by atoms with Crippen LogP contribution in [0.1, 0.15) is 166 Å². The first-order chi connectivity index (χ1) is 22.9. The molecule has 4 N–H and O–H groups in total. The third-order valence-corrected chi connectivity index (χ3v) is 11.0. The van der Waals surface area contributed by atoms with E-state index in [0.717, 1.165) is 30.7 Å². The summed E-state index contributed by atoms with van der Waals surface area (Å²) in [5.41, 5.74) is 7.00. The Bertz CT molecular complexity index is 768. The third-order valence-electron chi connectivity index (χ3n) is 11.0. The van der Waals surface area contributed by atoms with E-state index in [1.54, 1.807) is 0 Å². The average Bonchev–Trinajstić information content (AvgIpc) is 3.12. The van der Waals surface area contributed by atoms with Gasteiger partial charge in [-0.05, 0) is 105 Å². The molecule has 274 valence electrons. The van der Waals surface area contributed by atoms with Crippen LogP contribution in [0.3, 0.4) is 0 Å². The van der Waals surface area contributed by atoms with Crippen molar-refractivity contribution in [2.75, 3.05) is 35.2 Å². The molecule has 5 heteroatoms. The molecule has 5 nitrogen and oxygen atoms in total. The van der Waals surface area contributed by atoms with Crippen LogP contribution in [0.5, 0.6) is 0 Å². The standard InChI is InChI=1S/C12H23N.C9H13N.C8H17N.C7H15N.C6H13N/c1-3-7-11(8-4-1)13-12-9-5-2-6-10-12;1-10(2)8-9-6-4-3-5-7-9;1-9(2)8-6-4-3-5-7-8;1-8-7-5-3-2-4-6-7;7-6-4-2-1-3-5-6/h11-13H,1-10H2;3-7H,8H2,1-2H3;8H,3-7H2,1-2H3;7-8H,2-6H2,1H3;6H,1-5,7H2. The second-order valence-electron chi connectivity index (χ2n) is 15.8. The first kappa shape index (κ1) is 42.2. The molecular formula is C42H81N5. The summed E-state index contributed by atoms with van der Waals surface area (Å²) >= 11 is 0. The van der Waals surface area contributed by atoms with Crippen LogP contribution in [0.25, 0.3) is 0 Å². The van der Waals surface area contributed by atoms with Gasteiger partial charge in [0, 0.05) is 36.8 Å². The quantitative estimate of drug-likeness (QED) is 0.285. The third kappa shape index (κ3) is 22.4. The van der Waals surface area contributed by atoms with Gasteiger partial charge in [0.15, 0.2) is 0 Å². The summed E-state index contributed by atoms with van der Waals surface area (Å²) in [5, 5.41) is 7.16. The van der Waals surface area contributed by atoms with E-state index in [1.807, 2.05) is 6.07 Å². The van der Waals surface area contributed by atoms with Crippen molar-refractivity contribution >= 4 is 0 Å². The Morgan fingerprint density at radius 3 is 1.21 bits per heavy atom. The van der Waals surface area contributed by atoms with E-state index < -0.39 is 0 Å². The predicted molar refractivity (Wildman–Crippen MR) is 208 cm³/mol. The molecule has 5 fully saturated rings. The molecule has 0 amide bonds. The minimum atomic E-state index is 0.536. The van der Waals surface area contributed by atoms with Gasteiger partial charge < -0.3 is 26.2 Å². The fraction of sp³-hybridized carbons (Fsp3) is 0.857. The van der Waals surface area contributed by atoms with Crippen molar-refractivity contribution in [2.24, 2.45) is 5.73 Å². The van der Waals surface area contributed by atoms with E-state index in [2.05, 4.69) is 79.9 Å². The fourth-order valence-electron chi connectivity index (χ4n) is 7.94. The van der Waals surface area contributed by atoms with Gasteiger partial charge >= 0.3 is 0 Å². The molecule has 5 aliphatic carbocycles. The summed E-state index contributed by atoms with van der Waals surface area (Å²) in [6.45, 7) is 1.03. The minimum absolute atomic E-state index is 0.536. The summed E-state index contributed by atoms with van der Waals surface area (Å²) < 4.78 is 0. The lowest BCUT2D eigenvalue weighted by atomic mass is 9.91. The van der Waals surface area contributed by atoms with Gasteiger partial charge in [-0.3, -0.25) is 0 Å². The molecule has 0 saturated heterocycles. The van der Waals surface area contributed by atoms with E-state index in [4.69, 9.17) is 5.73 Å². The Labute approximate surface area is 294 Å². The van der Waals surface area contributed by atoms with Gasteiger partial charge in [0.05, 0.1) is 0 Å². The van der Waals surface area contributed by atoms with Crippen LogP contribution in [0.2, 0.25) is 0 Å². The van der Waals surface area contributed by atoms with Gasteiger partial charge in [0.25, 0.3) is 0 Å². The van der Waals surface area contributed by atoms with Crippen molar-refractivity contribution in [2.45, 2.75) is 197 Å². The smallest absolute Gasteiger partial charge is 0.0227 e. The van der Waals surface area contributed by atoms with Gasteiger partial charge in [-0.15, -0.1) is 0 Å². The zero-order valence-electron chi connectivity index (χ0n) is 32.1. The number of nitrogens with two attached hydrogens (primary N) is 1. The summed E-state index contributed by atoms with van der Waals surface area (Å²) in [5.74, 6) is 0. The highest BCUT2D eigenvalue weighted by Crippen LogP contribution is 2.23. The Hall–Kier alpha value is -0.980. The monoisotopic (exact) mass is 656 g/mol. The van der Waals surface area contributed by atoms with Gasteiger partial charge in [-0.2, -0.15) is 0 Å². The first-order valence-corrected chi connectivity index (χ1v) is 20.4. The minimum Gasteiger partial charge on any atom is -0.328 e. The Morgan fingerprint density at radius 2 is 0.915 bits per heavy atom. The number of nitrogens with zero attached hydrogens (tertiary/aromatic N) is 2. The van der Waals surface area contributed by atoms with Gasteiger partial charge in [-0.25, -0.2) is 0 Å². The zero-order chi connectivity index (χ0) is 34.0. The highest BCUT2D eigenvalue weighted by molar-refractivity contribution is 5.14. The van der Waals surface area contributed by atoms with E-state index in [1.165, 1.54) is 166 Å². The molecule has 0 aliphatic heterocycles. The lowest BCUT2D eigenvalue weighted by Crippen LogP contribution is -2.40. The molecular weight excluding hydrogens is 574 g/mol. The Kier molecular flexibility index (Phi) is 25.0. The van der Waals surface area contributed by atoms with Crippen LogP contribution in [0, 0.1) is 0 Å².